The zero-order valence-electron chi connectivity index (χ0n) is 8.99. The Hall–Kier alpha value is -1.56. The Morgan fingerprint density at radius 1 is 1.38 bits per heavy atom. The van der Waals surface area contributed by atoms with Gasteiger partial charge in [0.1, 0.15) is 5.82 Å². The smallest absolute Gasteiger partial charge is 0.327 e. The van der Waals surface area contributed by atoms with E-state index in [0.29, 0.717) is 12.6 Å². The van der Waals surface area contributed by atoms with Crippen molar-refractivity contribution >= 4 is 12.2 Å². The van der Waals surface area contributed by atoms with E-state index in [-0.39, 0.29) is 5.69 Å². The highest BCUT2D eigenvalue weighted by Gasteiger charge is 2.23. The Morgan fingerprint density at radius 2 is 2.19 bits per heavy atom. The van der Waals surface area contributed by atoms with E-state index in [1.54, 1.807) is 6.34 Å². The molecule has 0 bridgehead atoms. The van der Waals surface area contributed by atoms with E-state index in [1.165, 1.54) is 0 Å². The largest absolute Gasteiger partial charge is 0.331 e. The molecule has 3 N–H and O–H groups in total. The molecule has 0 radical (unpaired) electrons. The predicted octanol–water partition coefficient (Wildman–Crippen LogP) is 0.0547. The first-order chi connectivity index (χ1) is 7.86. The van der Waals surface area contributed by atoms with E-state index in [1.807, 2.05) is 4.57 Å². The highest BCUT2D eigenvalue weighted by atomic mass is 16.1. The molecule has 6 heteroatoms. The minimum atomic E-state index is -0.0186. The molecule has 1 aromatic rings. The maximum absolute atomic E-state index is 11.9. The maximum Gasteiger partial charge on any atom is 0.327 e. The number of aromatic nitrogens is 2. The lowest BCUT2D eigenvalue weighted by Crippen LogP contribution is -2.34. The Balaban J connectivity index is 2.00. The molecular formula is C10H15N5O. The number of anilines is 1. The second-order valence-electron chi connectivity index (χ2n) is 4.22. The van der Waals surface area contributed by atoms with Crippen LogP contribution in [0, 0.1) is 0 Å². The van der Waals surface area contributed by atoms with Gasteiger partial charge in [0.15, 0.2) is 0 Å². The summed E-state index contributed by atoms with van der Waals surface area (Å²) in [6.07, 6.45) is 3.65. The van der Waals surface area contributed by atoms with Crippen LogP contribution in [0.25, 0.3) is 0 Å². The predicted molar refractivity (Wildman–Crippen MR) is 62.0 cm³/mol. The molecule has 3 rings (SSSR count). The number of aromatic amines is 1. The average molecular weight is 221 g/mol. The third kappa shape index (κ3) is 1.46. The second-order valence-corrected chi connectivity index (χ2v) is 4.22. The van der Waals surface area contributed by atoms with Gasteiger partial charge in [-0.2, -0.15) is 0 Å². The number of fused-ring (bicyclic) bond motifs is 1. The van der Waals surface area contributed by atoms with Crippen LogP contribution in [0.3, 0.4) is 0 Å². The number of rotatable bonds is 1. The van der Waals surface area contributed by atoms with Crippen LogP contribution in [0.1, 0.15) is 24.6 Å². The van der Waals surface area contributed by atoms with Gasteiger partial charge in [-0.05, 0) is 25.9 Å². The molecule has 1 aromatic heterocycles. The van der Waals surface area contributed by atoms with E-state index in [9.17, 15) is 4.79 Å². The van der Waals surface area contributed by atoms with Crippen molar-refractivity contribution in [1.82, 2.24) is 14.9 Å². The molecule has 0 unspecified atom stereocenters. The molecule has 1 saturated heterocycles. The highest BCUT2D eigenvalue weighted by molar-refractivity contribution is 5.76. The van der Waals surface area contributed by atoms with E-state index in [2.05, 4.69) is 20.6 Å². The summed E-state index contributed by atoms with van der Waals surface area (Å²) < 4.78 is 1.87. The van der Waals surface area contributed by atoms with E-state index >= 15 is 0 Å². The minimum Gasteiger partial charge on any atom is -0.331 e. The van der Waals surface area contributed by atoms with Crippen LogP contribution in [-0.2, 0) is 6.54 Å². The van der Waals surface area contributed by atoms with Gasteiger partial charge in [-0.15, -0.1) is 0 Å². The van der Waals surface area contributed by atoms with Crippen molar-refractivity contribution in [3.05, 3.63) is 16.2 Å². The van der Waals surface area contributed by atoms with Gasteiger partial charge in [0.2, 0.25) is 0 Å². The summed E-state index contributed by atoms with van der Waals surface area (Å²) in [6, 6.07) is 0.309. The number of imidazole rings is 1. The summed E-state index contributed by atoms with van der Waals surface area (Å²) in [5.41, 5.74) is 0.967. The fraction of sp³-hybridized carbons (Fsp3) is 0.600. The van der Waals surface area contributed by atoms with Gasteiger partial charge in [0.05, 0.1) is 18.6 Å². The number of hydrogen-bond donors (Lipinski definition) is 3. The lowest BCUT2D eigenvalue weighted by molar-refractivity contribution is 0.355. The molecule has 0 aromatic carbocycles. The number of H-pyrrole nitrogens is 1. The number of nitrogens with zero attached hydrogens (tertiary/aromatic N) is 2. The lowest BCUT2D eigenvalue weighted by atomic mass is 10.1. The molecule has 3 heterocycles. The second kappa shape index (κ2) is 3.79. The van der Waals surface area contributed by atoms with Crippen molar-refractivity contribution < 1.29 is 0 Å². The van der Waals surface area contributed by atoms with Gasteiger partial charge in [0, 0.05) is 6.04 Å². The van der Waals surface area contributed by atoms with E-state index in [0.717, 1.165) is 37.4 Å². The van der Waals surface area contributed by atoms with Crippen molar-refractivity contribution in [3.63, 3.8) is 0 Å². The van der Waals surface area contributed by atoms with Gasteiger partial charge in [0.25, 0.3) is 0 Å². The fourth-order valence-electron chi connectivity index (χ4n) is 2.45. The first-order valence-corrected chi connectivity index (χ1v) is 5.65. The SMILES string of the molecule is O=c1[nH]c2c(n1C1CCNCC1)CN=CN2. The van der Waals surface area contributed by atoms with Crippen molar-refractivity contribution in [2.75, 3.05) is 18.4 Å². The third-order valence-electron chi connectivity index (χ3n) is 3.25. The summed E-state index contributed by atoms with van der Waals surface area (Å²) in [7, 11) is 0. The molecular weight excluding hydrogens is 206 g/mol. The Bertz CT molecular complexity index is 466. The minimum absolute atomic E-state index is 0.0186. The Morgan fingerprint density at radius 3 is 3.00 bits per heavy atom. The summed E-state index contributed by atoms with van der Waals surface area (Å²) >= 11 is 0. The fourth-order valence-corrected chi connectivity index (χ4v) is 2.45. The number of piperidine rings is 1. The van der Waals surface area contributed by atoms with Gasteiger partial charge < -0.3 is 10.6 Å². The Kier molecular flexibility index (Phi) is 2.28. The van der Waals surface area contributed by atoms with Crippen molar-refractivity contribution in [2.45, 2.75) is 25.4 Å². The van der Waals surface area contributed by atoms with Crippen LogP contribution in [0.15, 0.2) is 9.79 Å². The van der Waals surface area contributed by atoms with Crippen molar-refractivity contribution in [2.24, 2.45) is 4.99 Å². The zero-order chi connectivity index (χ0) is 11.0. The van der Waals surface area contributed by atoms with Crippen molar-refractivity contribution in [3.8, 4) is 0 Å². The molecule has 0 atom stereocenters. The zero-order valence-corrected chi connectivity index (χ0v) is 8.99. The quantitative estimate of drug-likeness (QED) is 0.627. The van der Waals surface area contributed by atoms with E-state index < -0.39 is 0 Å². The molecule has 16 heavy (non-hydrogen) atoms. The summed E-state index contributed by atoms with van der Waals surface area (Å²) in [5.74, 6) is 0.804. The van der Waals surface area contributed by atoms with Gasteiger partial charge in [-0.3, -0.25) is 14.5 Å². The summed E-state index contributed by atoms with van der Waals surface area (Å²) in [4.78, 5) is 18.9. The average Bonchev–Trinajstić information content (AvgIpc) is 2.66. The molecule has 6 nitrogen and oxygen atoms in total. The molecule has 0 amide bonds. The van der Waals surface area contributed by atoms with Crippen LogP contribution in [0.5, 0.6) is 0 Å². The van der Waals surface area contributed by atoms with Gasteiger partial charge in [-0.1, -0.05) is 0 Å². The van der Waals surface area contributed by atoms with Crippen molar-refractivity contribution in [1.29, 1.82) is 0 Å². The summed E-state index contributed by atoms with van der Waals surface area (Å²) in [5, 5.41) is 6.28. The molecule has 0 saturated carbocycles. The van der Waals surface area contributed by atoms with Crippen LogP contribution >= 0.6 is 0 Å². The summed E-state index contributed by atoms with van der Waals surface area (Å²) in [6.45, 7) is 2.55. The molecule has 86 valence electrons. The highest BCUT2D eigenvalue weighted by Crippen LogP contribution is 2.23. The molecule has 1 fully saturated rings. The standard InChI is InChI=1S/C10H15N5O/c16-10-14-9-8(5-12-6-13-9)15(10)7-1-3-11-4-2-7/h6-7,11H,1-5H2,(H,12,13)(H,14,16). The monoisotopic (exact) mass is 221 g/mol. The topological polar surface area (TPSA) is 74.2 Å². The Labute approximate surface area is 92.8 Å². The van der Waals surface area contributed by atoms with Crippen LogP contribution < -0.4 is 16.3 Å². The maximum atomic E-state index is 11.9. The van der Waals surface area contributed by atoms with Crippen LogP contribution in [0.4, 0.5) is 5.82 Å². The first kappa shape index (κ1) is 9.65. The number of nitrogens with one attached hydrogen (secondary N) is 3. The van der Waals surface area contributed by atoms with Crippen LogP contribution in [-0.4, -0.2) is 29.0 Å². The molecule has 0 spiro atoms. The molecule has 2 aliphatic heterocycles. The number of aliphatic imine (C=N–C) groups is 1. The van der Waals surface area contributed by atoms with Crippen LogP contribution in [0.2, 0.25) is 0 Å². The van der Waals surface area contributed by atoms with Gasteiger partial charge >= 0.3 is 5.69 Å². The normalized spacial score (nSPS) is 20.5. The number of hydrogen-bond acceptors (Lipinski definition) is 4. The first-order valence-electron chi connectivity index (χ1n) is 5.65. The lowest BCUT2D eigenvalue weighted by Gasteiger charge is -2.25. The molecule has 2 aliphatic rings. The molecule has 0 aliphatic carbocycles. The van der Waals surface area contributed by atoms with Gasteiger partial charge in [-0.25, -0.2) is 4.79 Å². The third-order valence-corrected chi connectivity index (χ3v) is 3.25. The van der Waals surface area contributed by atoms with E-state index in [4.69, 9.17) is 0 Å².